The van der Waals surface area contributed by atoms with Crippen LogP contribution in [0.25, 0.3) is 0 Å². The second kappa shape index (κ2) is 8.34. The summed E-state index contributed by atoms with van der Waals surface area (Å²) in [5.74, 6) is 0.505. The molecule has 0 saturated carbocycles. The zero-order valence-electron chi connectivity index (χ0n) is 15.2. The third kappa shape index (κ3) is 4.95. The average Bonchev–Trinajstić information content (AvgIpc) is 2.61. The minimum atomic E-state index is -0.702. The van der Waals surface area contributed by atoms with Crippen molar-refractivity contribution in [2.45, 2.75) is 38.7 Å². The molecule has 0 radical (unpaired) electrons. The van der Waals surface area contributed by atoms with Gasteiger partial charge in [0.05, 0.1) is 12.7 Å². The van der Waals surface area contributed by atoms with Crippen LogP contribution in [0.1, 0.15) is 43.5 Å². The van der Waals surface area contributed by atoms with E-state index in [2.05, 4.69) is 5.32 Å². The smallest absolute Gasteiger partial charge is 0.251 e. The maximum Gasteiger partial charge on any atom is 0.251 e. The summed E-state index contributed by atoms with van der Waals surface area (Å²) in [4.78, 5) is 26.3. The Morgan fingerprint density at radius 3 is 2.88 bits per heavy atom. The fourth-order valence-corrected chi connectivity index (χ4v) is 3.22. The number of aliphatic hydroxyl groups is 1. The van der Waals surface area contributed by atoms with Crippen LogP contribution in [0.5, 0.6) is 5.75 Å². The fraction of sp³-hybridized carbons (Fsp3) is 0.579. The molecule has 0 bridgehead atoms. The third-order valence-electron chi connectivity index (χ3n) is 5.01. The number of carbonyl (C=O) groups excluding carboxylic acids is 2. The summed E-state index contributed by atoms with van der Waals surface area (Å²) in [5.41, 5.74) is -0.196. The fourth-order valence-electron chi connectivity index (χ4n) is 3.22. The van der Waals surface area contributed by atoms with Crippen molar-refractivity contribution in [3.8, 4) is 5.75 Å². The van der Waals surface area contributed by atoms with Crippen molar-refractivity contribution in [2.24, 2.45) is 5.92 Å². The molecule has 138 valence electrons. The second-order valence-corrected chi connectivity index (χ2v) is 6.79. The number of methoxy groups -OCH3 is 1. The minimum absolute atomic E-state index is 0.0138. The van der Waals surface area contributed by atoms with Gasteiger partial charge in [0.1, 0.15) is 5.75 Å². The van der Waals surface area contributed by atoms with Gasteiger partial charge in [-0.05, 0) is 38.0 Å². The molecule has 1 aromatic carbocycles. The lowest BCUT2D eigenvalue weighted by Gasteiger charge is -2.42. The molecule has 0 aliphatic carbocycles. The first kappa shape index (κ1) is 19.2. The van der Waals surface area contributed by atoms with Gasteiger partial charge in [0.15, 0.2) is 0 Å². The van der Waals surface area contributed by atoms with Crippen molar-refractivity contribution in [2.75, 3.05) is 26.7 Å². The number of hydrogen-bond acceptors (Lipinski definition) is 4. The molecular weight excluding hydrogens is 320 g/mol. The average molecular weight is 348 g/mol. The monoisotopic (exact) mass is 348 g/mol. The van der Waals surface area contributed by atoms with Crippen molar-refractivity contribution in [3.05, 3.63) is 29.8 Å². The molecule has 2 N–H and O–H groups in total. The van der Waals surface area contributed by atoms with Crippen LogP contribution in [0, 0.1) is 5.92 Å². The lowest BCUT2D eigenvalue weighted by atomic mass is 9.81. The summed E-state index contributed by atoms with van der Waals surface area (Å²) in [7, 11) is 1.55. The number of piperidine rings is 1. The molecule has 1 fully saturated rings. The molecule has 1 saturated heterocycles. The van der Waals surface area contributed by atoms with E-state index < -0.39 is 5.60 Å². The van der Waals surface area contributed by atoms with E-state index in [-0.39, 0.29) is 24.2 Å². The molecule has 0 aromatic heterocycles. The van der Waals surface area contributed by atoms with Crippen LogP contribution in [0.3, 0.4) is 0 Å². The molecule has 6 heteroatoms. The molecule has 1 heterocycles. The van der Waals surface area contributed by atoms with E-state index in [1.807, 2.05) is 13.8 Å². The molecule has 0 spiro atoms. The number of likely N-dealkylation sites (tertiary alicyclic amines) is 1. The van der Waals surface area contributed by atoms with Gasteiger partial charge in [0.2, 0.25) is 5.91 Å². The number of nitrogens with zero attached hydrogens (tertiary/aromatic N) is 1. The lowest BCUT2D eigenvalue weighted by molar-refractivity contribution is -0.138. The molecule has 2 rings (SSSR count). The number of amides is 2. The normalized spacial score (nSPS) is 23.2. The number of ether oxygens (including phenoxy) is 1. The Bertz CT molecular complexity index is 615. The van der Waals surface area contributed by atoms with Gasteiger partial charge in [0, 0.05) is 37.5 Å². The Kier molecular flexibility index (Phi) is 6.42. The number of hydrogen-bond donors (Lipinski definition) is 2. The quantitative estimate of drug-likeness (QED) is 0.822. The van der Waals surface area contributed by atoms with Crippen LogP contribution < -0.4 is 10.1 Å². The van der Waals surface area contributed by atoms with Gasteiger partial charge in [0.25, 0.3) is 5.91 Å². The molecule has 1 aliphatic heterocycles. The maximum absolute atomic E-state index is 12.4. The third-order valence-corrected chi connectivity index (χ3v) is 5.01. The van der Waals surface area contributed by atoms with Crippen molar-refractivity contribution < 1.29 is 19.4 Å². The van der Waals surface area contributed by atoms with Crippen molar-refractivity contribution in [3.63, 3.8) is 0 Å². The SMILES string of the molecule is CC[C@H]1CN(C(=O)CCNC(=O)c2cccc(OC)c2)CC[C@@]1(C)O. The van der Waals surface area contributed by atoms with E-state index in [1.54, 1.807) is 36.3 Å². The number of nitrogens with one attached hydrogen (secondary N) is 1. The van der Waals surface area contributed by atoms with Gasteiger partial charge in [-0.2, -0.15) is 0 Å². The molecule has 2 amide bonds. The second-order valence-electron chi connectivity index (χ2n) is 6.79. The summed E-state index contributed by atoms with van der Waals surface area (Å²) < 4.78 is 5.10. The largest absolute Gasteiger partial charge is 0.497 e. The predicted molar refractivity (Wildman–Crippen MR) is 95.5 cm³/mol. The molecule has 1 aliphatic rings. The molecule has 6 nitrogen and oxygen atoms in total. The topological polar surface area (TPSA) is 78.9 Å². The number of carbonyl (C=O) groups is 2. The van der Waals surface area contributed by atoms with Crippen LogP contribution in [0.2, 0.25) is 0 Å². The van der Waals surface area contributed by atoms with Crippen LogP contribution in [0.15, 0.2) is 24.3 Å². The van der Waals surface area contributed by atoms with Gasteiger partial charge in [-0.1, -0.05) is 13.0 Å². The Balaban J connectivity index is 1.81. The first-order chi connectivity index (χ1) is 11.9. The van der Waals surface area contributed by atoms with Gasteiger partial charge in [-0.15, -0.1) is 0 Å². The van der Waals surface area contributed by atoms with Gasteiger partial charge in [-0.25, -0.2) is 0 Å². The van der Waals surface area contributed by atoms with Crippen LogP contribution >= 0.6 is 0 Å². The number of rotatable bonds is 6. The summed E-state index contributed by atoms with van der Waals surface area (Å²) in [6.45, 7) is 5.30. The standard InChI is InChI=1S/C19H28N2O4/c1-4-15-13-21(11-9-19(15,2)24)17(22)8-10-20-18(23)14-6-5-7-16(12-14)25-3/h5-7,12,15,24H,4,8-11,13H2,1-3H3,(H,20,23)/t15-,19+/m0/s1. The highest BCUT2D eigenvalue weighted by Crippen LogP contribution is 2.30. The Hall–Kier alpha value is -2.08. The van der Waals surface area contributed by atoms with Gasteiger partial charge < -0.3 is 20.1 Å². The van der Waals surface area contributed by atoms with E-state index in [0.29, 0.717) is 37.4 Å². The molecule has 25 heavy (non-hydrogen) atoms. The molecule has 0 unspecified atom stereocenters. The van der Waals surface area contributed by atoms with Gasteiger partial charge >= 0.3 is 0 Å². The van der Waals surface area contributed by atoms with E-state index in [9.17, 15) is 14.7 Å². The molecule has 1 aromatic rings. The predicted octanol–water partition coefficient (Wildman–Crippen LogP) is 1.82. The summed E-state index contributed by atoms with van der Waals surface area (Å²) >= 11 is 0. The lowest BCUT2D eigenvalue weighted by Crippen LogP contribution is -2.52. The zero-order chi connectivity index (χ0) is 18.4. The van der Waals surface area contributed by atoms with Crippen LogP contribution in [-0.4, -0.2) is 54.2 Å². The Morgan fingerprint density at radius 2 is 2.20 bits per heavy atom. The summed E-state index contributed by atoms with van der Waals surface area (Å²) in [6.07, 6.45) is 1.69. The minimum Gasteiger partial charge on any atom is -0.497 e. The van der Waals surface area contributed by atoms with Crippen LogP contribution in [0.4, 0.5) is 0 Å². The van der Waals surface area contributed by atoms with Crippen LogP contribution in [-0.2, 0) is 4.79 Å². The van der Waals surface area contributed by atoms with E-state index >= 15 is 0 Å². The first-order valence-electron chi connectivity index (χ1n) is 8.79. The Morgan fingerprint density at radius 1 is 1.44 bits per heavy atom. The van der Waals surface area contributed by atoms with E-state index in [4.69, 9.17) is 4.74 Å². The number of benzene rings is 1. The van der Waals surface area contributed by atoms with Crippen molar-refractivity contribution in [1.29, 1.82) is 0 Å². The highest BCUT2D eigenvalue weighted by Gasteiger charge is 2.37. The highest BCUT2D eigenvalue weighted by atomic mass is 16.5. The van der Waals surface area contributed by atoms with E-state index in [1.165, 1.54) is 0 Å². The Labute approximate surface area is 149 Å². The summed E-state index contributed by atoms with van der Waals surface area (Å²) in [6, 6.07) is 6.90. The molecular formula is C19H28N2O4. The zero-order valence-corrected chi connectivity index (χ0v) is 15.2. The van der Waals surface area contributed by atoms with Gasteiger partial charge in [-0.3, -0.25) is 9.59 Å². The molecule has 2 atom stereocenters. The van der Waals surface area contributed by atoms with Crippen molar-refractivity contribution in [1.82, 2.24) is 10.2 Å². The van der Waals surface area contributed by atoms with E-state index in [0.717, 1.165) is 6.42 Å². The highest BCUT2D eigenvalue weighted by molar-refractivity contribution is 5.94. The van der Waals surface area contributed by atoms with Crippen molar-refractivity contribution >= 4 is 11.8 Å². The summed E-state index contributed by atoms with van der Waals surface area (Å²) in [5, 5.41) is 13.1. The maximum atomic E-state index is 12.4. The first-order valence-corrected chi connectivity index (χ1v) is 8.79.